The summed E-state index contributed by atoms with van der Waals surface area (Å²) in [5.41, 5.74) is 1.49. The summed E-state index contributed by atoms with van der Waals surface area (Å²) in [4.78, 5) is 22.7. The Balaban J connectivity index is 1.69. The summed E-state index contributed by atoms with van der Waals surface area (Å²) in [5, 5.41) is 0.250. The Morgan fingerprint density at radius 1 is 1.24 bits per heavy atom. The molecule has 8 heteroatoms. The molecule has 0 aromatic carbocycles. The zero-order chi connectivity index (χ0) is 14.8. The first kappa shape index (κ1) is 14.5. The molecule has 3 rings (SSSR count). The van der Waals surface area contributed by atoms with E-state index in [9.17, 15) is 0 Å². The van der Waals surface area contributed by atoms with Crippen LogP contribution < -0.4 is 4.90 Å². The molecule has 0 bridgehead atoms. The minimum atomic E-state index is 0.250. The molecule has 0 saturated carbocycles. The molecule has 1 fully saturated rings. The van der Waals surface area contributed by atoms with E-state index in [-0.39, 0.29) is 5.28 Å². The number of nitrogens with one attached hydrogen (secondary N) is 1. The Labute approximate surface area is 128 Å². The number of rotatable bonds is 4. The van der Waals surface area contributed by atoms with Crippen LogP contribution in [-0.4, -0.2) is 83.1 Å². The number of H-pyrrole nitrogens is 1. The maximum absolute atomic E-state index is 5.99. The summed E-state index contributed by atoms with van der Waals surface area (Å²) in [7, 11) is 4.21. The predicted octanol–water partition coefficient (Wildman–Crippen LogP) is 0.690. The largest absolute Gasteiger partial charge is 0.352 e. The Morgan fingerprint density at radius 2 is 2.00 bits per heavy atom. The molecule has 114 valence electrons. The van der Waals surface area contributed by atoms with Crippen molar-refractivity contribution in [2.24, 2.45) is 0 Å². The number of anilines is 1. The number of fused-ring (bicyclic) bond motifs is 1. The van der Waals surface area contributed by atoms with Gasteiger partial charge < -0.3 is 14.8 Å². The van der Waals surface area contributed by atoms with Crippen LogP contribution in [0.25, 0.3) is 11.2 Å². The molecule has 1 aliphatic heterocycles. The van der Waals surface area contributed by atoms with E-state index < -0.39 is 0 Å². The highest BCUT2D eigenvalue weighted by Crippen LogP contribution is 2.23. The fourth-order valence-electron chi connectivity index (χ4n) is 2.55. The minimum absolute atomic E-state index is 0.250. The highest BCUT2D eigenvalue weighted by Gasteiger charge is 2.21. The molecule has 0 atom stereocenters. The third-order valence-corrected chi connectivity index (χ3v) is 3.94. The fraction of sp³-hybridized carbons (Fsp3) is 0.615. The van der Waals surface area contributed by atoms with Crippen molar-refractivity contribution in [3.8, 4) is 0 Å². The van der Waals surface area contributed by atoms with Crippen molar-refractivity contribution in [1.82, 2.24) is 29.7 Å². The average Bonchev–Trinajstić information content (AvgIpc) is 2.93. The molecule has 21 heavy (non-hydrogen) atoms. The number of aromatic amines is 1. The van der Waals surface area contributed by atoms with E-state index in [1.165, 1.54) is 0 Å². The van der Waals surface area contributed by atoms with Crippen LogP contribution in [0, 0.1) is 0 Å². The van der Waals surface area contributed by atoms with Crippen LogP contribution in [0.3, 0.4) is 0 Å². The zero-order valence-corrected chi connectivity index (χ0v) is 13.1. The van der Waals surface area contributed by atoms with E-state index in [0.717, 1.165) is 50.6 Å². The Hall–Kier alpha value is -1.44. The molecule has 3 heterocycles. The SMILES string of the molecule is CN(C)CCN1CCN(c2nc(Cl)nc3nc[nH]c23)CC1. The molecule has 2 aromatic rings. The van der Waals surface area contributed by atoms with Gasteiger partial charge in [-0.25, -0.2) is 4.98 Å². The van der Waals surface area contributed by atoms with Gasteiger partial charge in [0, 0.05) is 39.3 Å². The third kappa shape index (κ3) is 3.25. The van der Waals surface area contributed by atoms with E-state index in [1.807, 2.05) is 0 Å². The van der Waals surface area contributed by atoms with Gasteiger partial charge in [-0.3, -0.25) is 4.90 Å². The van der Waals surface area contributed by atoms with Gasteiger partial charge in [-0.05, 0) is 25.7 Å². The van der Waals surface area contributed by atoms with E-state index in [1.54, 1.807) is 6.33 Å². The maximum atomic E-state index is 5.99. The molecule has 1 N–H and O–H groups in total. The topological polar surface area (TPSA) is 64.2 Å². The Kier molecular flexibility index (Phi) is 4.23. The van der Waals surface area contributed by atoms with E-state index in [4.69, 9.17) is 11.6 Å². The number of imidazole rings is 1. The second kappa shape index (κ2) is 6.13. The summed E-state index contributed by atoms with van der Waals surface area (Å²) in [6.45, 7) is 6.13. The van der Waals surface area contributed by atoms with E-state index in [2.05, 4.69) is 48.7 Å². The van der Waals surface area contributed by atoms with Crippen LogP contribution in [-0.2, 0) is 0 Å². The molecule has 0 radical (unpaired) electrons. The lowest BCUT2D eigenvalue weighted by Crippen LogP contribution is -2.48. The van der Waals surface area contributed by atoms with Gasteiger partial charge in [0.2, 0.25) is 5.28 Å². The highest BCUT2D eigenvalue weighted by atomic mass is 35.5. The fourth-order valence-corrected chi connectivity index (χ4v) is 2.71. The van der Waals surface area contributed by atoms with Gasteiger partial charge >= 0.3 is 0 Å². The summed E-state index contributed by atoms with van der Waals surface area (Å²) >= 11 is 5.99. The summed E-state index contributed by atoms with van der Waals surface area (Å²) in [6, 6.07) is 0. The molecule has 2 aromatic heterocycles. The van der Waals surface area contributed by atoms with Crippen molar-refractivity contribution in [3.63, 3.8) is 0 Å². The van der Waals surface area contributed by atoms with Gasteiger partial charge in [0.15, 0.2) is 11.5 Å². The average molecular weight is 310 g/mol. The van der Waals surface area contributed by atoms with Gasteiger partial charge in [-0.2, -0.15) is 9.97 Å². The van der Waals surface area contributed by atoms with Crippen molar-refractivity contribution in [2.75, 3.05) is 58.3 Å². The Bertz CT molecular complexity index is 604. The maximum Gasteiger partial charge on any atom is 0.226 e. The molecular formula is C13H20ClN7. The molecular weight excluding hydrogens is 290 g/mol. The number of nitrogens with zero attached hydrogens (tertiary/aromatic N) is 6. The molecule has 0 spiro atoms. The lowest BCUT2D eigenvalue weighted by Gasteiger charge is -2.35. The number of likely N-dealkylation sites (N-methyl/N-ethyl adjacent to an activating group) is 1. The van der Waals surface area contributed by atoms with Crippen molar-refractivity contribution in [1.29, 1.82) is 0 Å². The normalized spacial score (nSPS) is 17.0. The summed E-state index contributed by atoms with van der Waals surface area (Å²) in [6.07, 6.45) is 1.63. The summed E-state index contributed by atoms with van der Waals surface area (Å²) in [5.74, 6) is 0.856. The first-order valence-corrected chi connectivity index (χ1v) is 7.50. The molecule has 1 aliphatic rings. The van der Waals surface area contributed by atoms with Gasteiger partial charge in [-0.15, -0.1) is 0 Å². The first-order valence-electron chi connectivity index (χ1n) is 7.12. The van der Waals surface area contributed by atoms with Crippen LogP contribution in [0.5, 0.6) is 0 Å². The van der Waals surface area contributed by atoms with Crippen LogP contribution in [0.15, 0.2) is 6.33 Å². The van der Waals surface area contributed by atoms with Gasteiger partial charge in [0.1, 0.15) is 5.52 Å². The number of hydrogen-bond acceptors (Lipinski definition) is 6. The second-order valence-electron chi connectivity index (χ2n) is 5.55. The summed E-state index contributed by atoms with van der Waals surface area (Å²) < 4.78 is 0. The van der Waals surface area contributed by atoms with Gasteiger partial charge in [0.05, 0.1) is 6.33 Å². The Morgan fingerprint density at radius 3 is 2.71 bits per heavy atom. The van der Waals surface area contributed by atoms with Crippen molar-refractivity contribution < 1.29 is 0 Å². The first-order chi connectivity index (χ1) is 10.1. The number of hydrogen-bond donors (Lipinski definition) is 1. The van der Waals surface area contributed by atoms with Gasteiger partial charge in [0.25, 0.3) is 0 Å². The standard InChI is InChI=1S/C13H20ClN7/c1-19(2)3-4-20-5-7-21(8-6-20)12-10-11(16-9-15-10)17-13(14)18-12/h9H,3-8H2,1-2H3,(H,15,16,17,18). The quantitative estimate of drug-likeness (QED) is 0.839. The van der Waals surface area contributed by atoms with Gasteiger partial charge in [-0.1, -0.05) is 0 Å². The van der Waals surface area contributed by atoms with Crippen LogP contribution in [0.4, 0.5) is 5.82 Å². The van der Waals surface area contributed by atoms with Crippen LogP contribution in [0.1, 0.15) is 0 Å². The second-order valence-corrected chi connectivity index (χ2v) is 5.89. The zero-order valence-electron chi connectivity index (χ0n) is 12.4. The van der Waals surface area contributed by atoms with Crippen molar-refractivity contribution in [3.05, 3.63) is 11.6 Å². The van der Waals surface area contributed by atoms with Crippen LogP contribution in [0.2, 0.25) is 5.28 Å². The molecule has 0 amide bonds. The molecule has 1 saturated heterocycles. The smallest absolute Gasteiger partial charge is 0.226 e. The van der Waals surface area contributed by atoms with Crippen molar-refractivity contribution >= 4 is 28.6 Å². The number of piperazine rings is 1. The monoisotopic (exact) mass is 309 g/mol. The lowest BCUT2D eigenvalue weighted by atomic mass is 10.3. The van der Waals surface area contributed by atoms with E-state index >= 15 is 0 Å². The molecule has 7 nitrogen and oxygen atoms in total. The predicted molar refractivity (Wildman–Crippen MR) is 83.9 cm³/mol. The number of halogens is 1. The van der Waals surface area contributed by atoms with Crippen LogP contribution >= 0.6 is 11.6 Å². The molecule has 0 unspecified atom stereocenters. The van der Waals surface area contributed by atoms with Crippen molar-refractivity contribution in [2.45, 2.75) is 0 Å². The molecule has 0 aliphatic carbocycles. The third-order valence-electron chi connectivity index (χ3n) is 3.77. The van der Waals surface area contributed by atoms with E-state index in [0.29, 0.717) is 5.65 Å². The highest BCUT2D eigenvalue weighted by molar-refractivity contribution is 6.28. The number of aromatic nitrogens is 4. The minimum Gasteiger partial charge on any atom is -0.352 e. The lowest BCUT2D eigenvalue weighted by molar-refractivity contribution is 0.229.